The summed E-state index contributed by atoms with van der Waals surface area (Å²) >= 11 is 0. The van der Waals surface area contributed by atoms with E-state index in [2.05, 4.69) is 11.4 Å². The largest absolute Gasteiger partial charge is 0.496 e. The molecular formula is C20H21NO3. The van der Waals surface area contributed by atoms with Crippen molar-refractivity contribution in [3.8, 4) is 5.75 Å². The Kier molecular flexibility index (Phi) is 4.56. The Hall–Kier alpha value is -2.75. The van der Waals surface area contributed by atoms with Crippen LogP contribution < -0.4 is 10.1 Å². The number of benzene rings is 2. The number of carbonyl (C=O) groups excluding carboxylic acids is 1. The Labute approximate surface area is 141 Å². The second-order valence-corrected chi connectivity index (χ2v) is 5.87. The highest BCUT2D eigenvalue weighted by atomic mass is 16.5. The molecule has 3 aromatic rings. The zero-order valence-corrected chi connectivity index (χ0v) is 14.2. The SMILES string of the molecule is COc1ccc(C)cc1CCNC(=O)c1oc2ccccc2c1C. The molecule has 0 unspecified atom stereocenters. The first kappa shape index (κ1) is 16.1. The molecule has 0 aliphatic carbocycles. The summed E-state index contributed by atoms with van der Waals surface area (Å²) < 4.78 is 11.1. The molecule has 1 amide bonds. The van der Waals surface area contributed by atoms with Crippen LogP contribution in [0.1, 0.15) is 27.2 Å². The van der Waals surface area contributed by atoms with Gasteiger partial charge in [-0.05, 0) is 38.0 Å². The van der Waals surface area contributed by atoms with Crippen molar-refractivity contribution in [2.45, 2.75) is 20.3 Å². The van der Waals surface area contributed by atoms with Crippen LogP contribution in [0.25, 0.3) is 11.0 Å². The van der Waals surface area contributed by atoms with Crippen LogP contribution in [0.4, 0.5) is 0 Å². The van der Waals surface area contributed by atoms with Gasteiger partial charge in [-0.15, -0.1) is 0 Å². The van der Waals surface area contributed by atoms with Crippen molar-refractivity contribution in [2.75, 3.05) is 13.7 Å². The van der Waals surface area contributed by atoms with Gasteiger partial charge in [0.05, 0.1) is 7.11 Å². The number of furan rings is 1. The van der Waals surface area contributed by atoms with Gasteiger partial charge in [-0.2, -0.15) is 0 Å². The summed E-state index contributed by atoms with van der Waals surface area (Å²) in [7, 11) is 1.66. The summed E-state index contributed by atoms with van der Waals surface area (Å²) in [5, 5.41) is 3.91. The Morgan fingerprint density at radius 2 is 1.96 bits per heavy atom. The summed E-state index contributed by atoms with van der Waals surface area (Å²) in [5.41, 5.74) is 3.86. The molecule has 4 heteroatoms. The van der Waals surface area contributed by atoms with Crippen molar-refractivity contribution in [3.63, 3.8) is 0 Å². The molecule has 0 aliphatic rings. The number of hydrogen-bond donors (Lipinski definition) is 1. The van der Waals surface area contributed by atoms with Gasteiger partial charge in [0.25, 0.3) is 5.91 Å². The number of methoxy groups -OCH3 is 1. The maximum Gasteiger partial charge on any atom is 0.287 e. The molecule has 0 spiro atoms. The standard InChI is InChI=1S/C20H21NO3/c1-13-8-9-17(23-3)15(12-13)10-11-21-20(22)19-14(2)16-6-4-5-7-18(16)24-19/h4-9,12H,10-11H2,1-3H3,(H,21,22). The van der Waals surface area contributed by atoms with Gasteiger partial charge in [0.2, 0.25) is 0 Å². The Balaban J connectivity index is 1.69. The van der Waals surface area contributed by atoms with Gasteiger partial charge in [0.1, 0.15) is 11.3 Å². The lowest BCUT2D eigenvalue weighted by Crippen LogP contribution is -2.26. The quantitative estimate of drug-likeness (QED) is 0.771. The molecule has 3 rings (SSSR count). The van der Waals surface area contributed by atoms with E-state index < -0.39 is 0 Å². The minimum Gasteiger partial charge on any atom is -0.496 e. The van der Waals surface area contributed by atoms with Gasteiger partial charge < -0.3 is 14.5 Å². The number of amides is 1. The fraction of sp³-hybridized carbons (Fsp3) is 0.250. The maximum absolute atomic E-state index is 12.4. The van der Waals surface area contributed by atoms with Gasteiger partial charge in [0, 0.05) is 17.5 Å². The Morgan fingerprint density at radius 3 is 2.71 bits per heavy atom. The zero-order chi connectivity index (χ0) is 17.1. The minimum atomic E-state index is -0.185. The van der Waals surface area contributed by atoms with Crippen molar-refractivity contribution < 1.29 is 13.9 Å². The topological polar surface area (TPSA) is 51.5 Å². The molecule has 0 radical (unpaired) electrons. The van der Waals surface area contributed by atoms with Crippen molar-refractivity contribution in [2.24, 2.45) is 0 Å². The number of carbonyl (C=O) groups is 1. The lowest BCUT2D eigenvalue weighted by molar-refractivity contribution is 0.0927. The lowest BCUT2D eigenvalue weighted by Gasteiger charge is -2.10. The molecule has 4 nitrogen and oxygen atoms in total. The molecule has 0 bridgehead atoms. The van der Waals surface area contributed by atoms with E-state index in [1.54, 1.807) is 7.11 Å². The Bertz CT molecular complexity index is 880. The molecule has 1 aromatic heterocycles. The summed E-state index contributed by atoms with van der Waals surface area (Å²) in [6.45, 7) is 4.47. The van der Waals surface area contributed by atoms with Crippen molar-refractivity contribution in [3.05, 3.63) is 64.9 Å². The normalized spacial score (nSPS) is 10.8. The van der Waals surface area contributed by atoms with Crippen molar-refractivity contribution in [1.29, 1.82) is 0 Å². The summed E-state index contributed by atoms with van der Waals surface area (Å²) in [6.07, 6.45) is 0.704. The van der Waals surface area contributed by atoms with E-state index in [0.717, 1.165) is 27.8 Å². The summed E-state index contributed by atoms with van der Waals surface area (Å²) in [4.78, 5) is 12.4. The number of nitrogens with one attached hydrogen (secondary N) is 1. The highest BCUT2D eigenvalue weighted by molar-refractivity contribution is 5.98. The molecule has 0 saturated heterocycles. The first-order valence-corrected chi connectivity index (χ1v) is 8.00. The third-order valence-corrected chi connectivity index (χ3v) is 4.17. The molecule has 0 saturated carbocycles. The molecule has 2 aromatic carbocycles. The highest BCUT2D eigenvalue weighted by Gasteiger charge is 2.17. The number of para-hydroxylation sites is 1. The van der Waals surface area contributed by atoms with Gasteiger partial charge >= 0.3 is 0 Å². The molecule has 1 N–H and O–H groups in total. The van der Waals surface area contributed by atoms with Gasteiger partial charge in [-0.1, -0.05) is 35.9 Å². The van der Waals surface area contributed by atoms with Crippen LogP contribution in [0.5, 0.6) is 5.75 Å². The number of aryl methyl sites for hydroxylation is 2. The molecule has 1 heterocycles. The number of ether oxygens (including phenoxy) is 1. The zero-order valence-electron chi connectivity index (χ0n) is 14.2. The second-order valence-electron chi connectivity index (χ2n) is 5.87. The third-order valence-electron chi connectivity index (χ3n) is 4.17. The van der Waals surface area contributed by atoms with E-state index in [0.29, 0.717) is 18.7 Å². The Morgan fingerprint density at radius 1 is 1.17 bits per heavy atom. The molecule has 0 aliphatic heterocycles. The highest BCUT2D eigenvalue weighted by Crippen LogP contribution is 2.25. The van der Waals surface area contributed by atoms with E-state index in [9.17, 15) is 4.79 Å². The van der Waals surface area contributed by atoms with Crippen LogP contribution in [-0.4, -0.2) is 19.6 Å². The van der Waals surface area contributed by atoms with Gasteiger partial charge in [-0.25, -0.2) is 0 Å². The van der Waals surface area contributed by atoms with Crippen molar-refractivity contribution >= 4 is 16.9 Å². The first-order valence-electron chi connectivity index (χ1n) is 8.00. The van der Waals surface area contributed by atoms with Crippen molar-refractivity contribution in [1.82, 2.24) is 5.32 Å². The minimum absolute atomic E-state index is 0.185. The number of fused-ring (bicyclic) bond motifs is 1. The van der Waals surface area contributed by atoms with Crippen LogP contribution in [0.2, 0.25) is 0 Å². The number of hydrogen-bond acceptors (Lipinski definition) is 3. The molecular weight excluding hydrogens is 302 g/mol. The third kappa shape index (κ3) is 3.13. The maximum atomic E-state index is 12.4. The van der Waals surface area contributed by atoms with Crippen LogP contribution >= 0.6 is 0 Å². The van der Waals surface area contributed by atoms with Crippen LogP contribution in [0.15, 0.2) is 46.9 Å². The predicted molar refractivity (Wildman–Crippen MR) is 94.7 cm³/mol. The lowest BCUT2D eigenvalue weighted by atomic mass is 10.1. The van der Waals surface area contributed by atoms with E-state index in [4.69, 9.17) is 9.15 Å². The van der Waals surface area contributed by atoms with Crippen LogP contribution in [-0.2, 0) is 6.42 Å². The fourth-order valence-corrected chi connectivity index (χ4v) is 2.88. The fourth-order valence-electron chi connectivity index (χ4n) is 2.88. The van der Waals surface area contributed by atoms with E-state index >= 15 is 0 Å². The van der Waals surface area contributed by atoms with Gasteiger partial charge in [-0.3, -0.25) is 4.79 Å². The van der Waals surface area contributed by atoms with E-state index in [1.807, 2.05) is 50.2 Å². The second kappa shape index (κ2) is 6.79. The summed E-state index contributed by atoms with van der Waals surface area (Å²) in [6, 6.07) is 13.7. The molecule has 24 heavy (non-hydrogen) atoms. The molecule has 0 atom stereocenters. The van der Waals surface area contributed by atoms with E-state index in [-0.39, 0.29) is 5.91 Å². The van der Waals surface area contributed by atoms with Crippen LogP contribution in [0.3, 0.4) is 0 Å². The first-order chi connectivity index (χ1) is 11.6. The van der Waals surface area contributed by atoms with Crippen LogP contribution in [0, 0.1) is 13.8 Å². The molecule has 124 valence electrons. The predicted octanol–water partition coefficient (Wildman–Crippen LogP) is 4.03. The van der Waals surface area contributed by atoms with E-state index in [1.165, 1.54) is 5.56 Å². The molecule has 0 fully saturated rings. The average molecular weight is 323 g/mol. The monoisotopic (exact) mass is 323 g/mol. The smallest absolute Gasteiger partial charge is 0.287 e. The average Bonchev–Trinajstić information content (AvgIpc) is 2.92. The van der Waals surface area contributed by atoms with Gasteiger partial charge in [0.15, 0.2) is 5.76 Å². The summed E-state index contributed by atoms with van der Waals surface area (Å²) in [5.74, 6) is 1.04. The number of rotatable bonds is 5.